The molecule has 2 aliphatic heterocycles. The zero-order valence-electron chi connectivity index (χ0n) is 22.1. The van der Waals surface area contributed by atoms with E-state index in [1.165, 1.54) is 26.9 Å². The first-order valence-electron chi connectivity index (χ1n) is 12.4. The number of fused-ring (bicyclic) bond motifs is 1. The van der Waals surface area contributed by atoms with Gasteiger partial charge >= 0.3 is 13.3 Å². The summed E-state index contributed by atoms with van der Waals surface area (Å²) in [5.74, 6) is -0.251. The van der Waals surface area contributed by atoms with Gasteiger partial charge in [0.25, 0.3) is 5.56 Å². The van der Waals surface area contributed by atoms with E-state index in [-0.39, 0.29) is 42.7 Å². The number of nitrogens with two attached hydrogens (primary N) is 2. The fraction of sp³-hybridized carbons (Fsp3) is 0.619. The van der Waals surface area contributed by atoms with Crippen LogP contribution in [-0.4, -0.2) is 97.1 Å². The molecule has 3 aromatic heterocycles. The van der Waals surface area contributed by atoms with Crippen LogP contribution in [0.1, 0.15) is 25.3 Å². The number of hydrogen-bond donors (Lipinski definition) is 4. The van der Waals surface area contributed by atoms with E-state index in [9.17, 15) is 19.0 Å². The molecule has 0 radical (unpaired) electrons. The van der Waals surface area contributed by atoms with Crippen LogP contribution in [0.25, 0.3) is 11.2 Å². The molecule has 5 rings (SSSR count). The van der Waals surface area contributed by atoms with Crippen LogP contribution in [0, 0.1) is 0 Å². The summed E-state index contributed by atoms with van der Waals surface area (Å²) in [4.78, 5) is 52.8. The summed E-state index contributed by atoms with van der Waals surface area (Å²) in [6.45, 7) is -0.192. The molecule has 2 aliphatic rings. The third kappa shape index (κ3) is 6.31. The molecule has 3 aromatic rings. The van der Waals surface area contributed by atoms with Gasteiger partial charge in [0.15, 0.2) is 11.2 Å². The molecule has 0 bridgehead atoms. The van der Waals surface area contributed by atoms with Crippen molar-refractivity contribution in [1.82, 2.24) is 34.1 Å². The summed E-state index contributed by atoms with van der Waals surface area (Å²) in [6.07, 6.45) is -1.61. The fourth-order valence-electron chi connectivity index (χ4n) is 4.75. The lowest BCUT2D eigenvalue weighted by Crippen LogP contribution is -2.30. The number of ether oxygens (including phenoxy) is 5. The Labute approximate surface area is 231 Å². The molecule has 19 nitrogen and oxygen atoms in total. The monoisotopic (exact) mass is 599 g/mol. The molecule has 41 heavy (non-hydrogen) atoms. The van der Waals surface area contributed by atoms with E-state index in [1.807, 2.05) is 0 Å². The Bertz CT molecular complexity index is 1550. The van der Waals surface area contributed by atoms with Crippen LogP contribution in [0.15, 0.2) is 22.2 Å². The Morgan fingerprint density at radius 2 is 1.73 bits per heavy atom. The first-order chi connectivity index (χ1) is 19.6. The smallest absolute Gasteiger partial charge is 0.354 e. The van der Waals surface area contributed by atoms with Crippen LogP contribution in [0.4, 0.5) is 11.9 Å². The largest absolute Gasteiger partial charge is 0.382 e. The summed E-state index contributed by atoms with van der Waals surface area (Å²) in [5, 5.41) is 0. The van der Waals surface area contributed by atoms with Crippen molar-refractivity contribution in [2.45, 2.75) is 49.7 Å². The van der Waals surface area contributed by atoms with Gasteiger partial charge < -0.3 is 44.6 Å². The highest BCUT2D eigenvalue weighted by molar-refractivity contribution is 7.52. The van der Waals surface area contributed by atoms with Crippen molar-refractivity contribution in [3.05, 3.63) is 33.5 Å². The van der Waals surface area contributed by atoms with Gasteiger partial charge in [-0.25, -0.2) is 14.8 Å². The number of nitrogen functional groups attached to an aromatic ring is 2. The number of rotatable bonds is 11. The molecule has 0 amide bonds. The topological polar surface area (TPSA) is 256 Å². The van der Waals surface area contributed by atoms with Gasteiger partial charge in [-0.15, -0.1) is 0 Å². The van der Waals surface area contributed by atoms with E-state index in [2.05, 4.69) is 24.9 Å². The Hall–Kier alpha value is -3.29. The second-order valence-electron chi connectivity index (χ2n) is 9.41. The van der Waals surface area contributed by atoms with Gasteiger partial charge in [0.05, 0.1) is 31.7 Å². The molecule has 7 atom stereocenters. The van der Waals surface area contributed by atoms with E-state index in [1.54, 1.807) is 4.57 Å². The van der Waals surface area contributed by atoms with Gasteiger partial charge in [-0.2, -0.15) is 9.97 Å². The Morgan fingerprint density at radius 1 is 1.05 bits per heavy atom. The van der Waals surface area contributed by atoms with Crippen LogP contribution in [0.5, 0.6) is 0 Å². The van der Waals surface area contributed by atoms with E-state index >= 15 is 0 Å². The van der Waals surface area contributed by atoms with Crippen molar-refractivity contribution in [3.8, 4) is 0 Å². The number of aromatic amines is 1. The number of anilines is 2. The van der Waals surface area contributed by atoms with E-state index in [4.69, 9.17) is 39.7 Å². The lowest BCUT2D eigenvalue weighted by molar-refractivity contribution is -0.0675. The third-order valence-electron chi connectivity index (χ3n) is 6.70. The van der Waals surface area contributed by atoms with E-state index in [0.29, 0.717) is 6.42 Å². The molecule has 6 N–H and O–H groups in total. The van der Waals surface area contributed by atoms with Crippen LogP contribution in [0.3, 0.4) is 0 Å². The van der Waals surface area contributed by atoms with E-state index in [0.717, 1.165) is 4.57 Å². The molecule has 2 unspecified atom stereocenters. The molecule has 2 saturated heterocycles. The highest BCUT2D eigenvalue weighted by Crippen LogP contribution is 2.45. The molecule has 20 heteroatoms. The summed E-state index contributed by atoms with van der Waals surface area (Å²) in [7, 11) is -1.34. The van der Waals surface area contributed by atoms with Gasteiger partial charge in [0, 0.05) is 27.1 Å². The number of hydrogen-bond acceptors (Lipinski definition) is 15. The van der Waals surface area contributed by atoms with Crippen molar-refractivity contribution in [3.63, 3.8) is 0 Å². The number of nitrogens with one attached hydrogen (secondary N) is 1. The number of nitrogens with zero attached hydrogens (tertiary/aromatic N) is 6. The minimum absolute atomic E-state index is 0.0766. The van der Waals surface area contributed by atoms with Crippen molar-refractivity contribution in [1.29, 1.82) is 0 Å². The normalized spacial score (nSPS) is 27.9. The van der Waals surface area contributed by atoms with Crippen LogP contribution < -0.4 is 22.7 Å². The maximum absolute atomic E-state index is 12.9. The van der Waals surface area contributed by atoms with Crippen LogP contribution >= 0.6 is 7.60 Å². The average Bonchev–Trinajstić information content (AvgIpc) is 3.63. The lowest BCUT2D eigenvalue weighted by atomic mass is 10.2. The van der Waals surface area contributed by atoms with Gasteiger partial charge in [-0.1, -0.05) is 0 Å². The SMILES string of the molecule is COC[C@H]1O[C@@H](n2cnc(N)nc2=O)CC1OCP(=O)(O)OC[C@H]1O[C@@H](n2cnc3c(=O)[nH]c(N)nc32)C[C@H]1OC. The Morgan fingerprint density at radius 3 is 2.44 bits per heavy atom. The number of methoxy groups -OCH3 is 2. The molecule has 224 valence electrons. The Kier molecular flexibility index (Phi) is 8.48. The molecule has 5 heterocycles. The highest BCUT2D eigenvalue weighted by Gasteiger charge is 2.41. The second-order valence-corrected chi connectivity index (χ2v) is 11.2. The maximum atomic E-state index is 12.9. The minimum Gasteiger partial charge on any atom is -0.382 e. The Balaban J connectivity index is 1.20. The maximum Gasteiger partial charge on any atom is 0.354 e. The zero-order valence-corrected chi connectivity index (χ0v) is 23.0. The van der Waals surface area contributed by atoms with Crippen LogP contribution in [0.2, 0.25) is 0 Å². The quantitative estimate of drug-likeness (QED) is 0.187. The number of imidazole rings is 1. The molecule has 0 aromatic carbocycles. The lowest BCUT2D eigenvalue weighted by Gasteiger charge is -2.22. The van der Waals surface area contributed by atoms with Crippen molar-refractivity contribution in [2.75, 3.05) is 45.2 Å². The van der Waals surface area contributed by atoms with E-state index < -0.39 is 62.1 Å². The molecule has 0 saturated carbocycles. The van der Waals surface area contributed by atoms with Crippen LogP contribution in [-0.2, 0) is 32.8 Å². The first-order valence-corrected chi connectivity index (χ1v) is 14.2. The molecular formula is C21H30N9O10P. The zero-order chi connectivity index (χ0) is 29.3. The summed E-state index contributed by atoms with van der Waals surface area (Å²) < 4.78 is 49.1. The van der Waals surface area contributed by atoms with Crippen molar-refractivity contribution in [2.24, 2.45) is 0 Å². The fourth-order valence-corrected chi connectivity index (χ4v) is 5.59. The first kappa shape index (κ1) is 29.2. The summed E-state index contributed by atoms with van der Waals surface area (Å²) >= 11 is 0. The summed E-state index contributed by atoms with van der Waals surface area (Å²) in [5.41, 5.74) is 10.3. The molecule has 0 aliphatic carbocycles. The van der Waals surface area contributed by atoms with Gasteiger partial charge in [0.2, 0.25) is 11.9 Å². The molecule has 2 fully saturated rings. The van der Waals surface area contributed by atoms with Crippen molar-refractivity contribution >= 4 is 30.7 Å². The van der Waals surface area contributed by atoms with Gasteiger partial charge in [0.1, 0.15) is 37.3 Å². The predicted octanol–water partition coefficient (Wildman–Crippen LogP) is -1.28. The van der Waals surface area contributed by atoms with Gasteiger partial charge in [-0.3, -0.25) is 23.5 Å². The van der Waals surface area contributed by atoms with Crippen molar-refractivity contribution < 1.29 is 37.7 Å². The predicted molar refractivity (Wildman–Crippen MR) is 139 cm³/mol. The number of H-pyrrole nitrogens is 1. The second kappa shape index (κ2) is 11.9. The standard InChI is InChI=1S/C21H30N9O10P/c1-35-5-12-11(4-15(39-12)30-8-25-19(22)28-21(30)32)37-9-41(33,34)38-6-13-10(36-2)3-14(40-13)29-7-24-16-17(29)26-20(23)27-18(16)31/h7-8,10-15H,3-6,9H2,1-2H3,(H,33,34)(H2,22,28,32)(H3,23,26,27,31)/t10-,11?,12-,13-,14-,15-/m1/s1. The molecular weight excluding hydrogens is 569 g/mol. The highest BCUT2D eigenvalue weighted by atomic mass is 31.2. The third-order valence-corrected chi connectivity index (χ3v) is 7.73. The minimum atomic E-state index is -4.28. The average molecular weight is 599 g/mol. The molecule has 0 spiro atoms. The summed E-state index contributed by atoms with van der Waals surface area (Å²) in [6, 6.07) is 0. The van der Waals surface area contributed by atoms with Gasteiger partial charge in [-0.05, 0) is 0 Å². The number of aromatic nitrogens is 7.